The molecule has 0 spiro atoms. The Hall–Kier alpha value is -2.30. The molecule has 2 heterocycles. The maximum Gasteiger partial charge on any atom is 0.200 e. The van der Waals surface area contributed by atoms with Crippen LogP contribution >= 0.6 is 11.6 Å². The Kier molecular flexibility index (Phi) is 5.42. The van der Waals surface area contributed by atoms with E-state index in [1.165, 1.54) is 30.4 Å². The summed E-state index contributed by atoms with van der Waals surface area (Å²) in [6.07, 6.45) is 6.29. The van der Waals surface area contributed by atoms with E-state index < -0.39 is 0 Å². The minimum Gasteiger partial charge on any atom is -0.507 e. The molecule has 1 unspecified atom stereocenters. The van der Waals surface area contributed by atoms with E-state index in [4.69, 9.17) is 16.0 Å². The number of halogens is 1. The largest absolute Gasteiger partial charge is 0.507 e. The second-order valence-corrected chi connectivity index (χ2v) is 8.05. The Bertz CT molecular complexity index is 1040. The third kappa shape index (κ3) is 3.54. The molecule has 2 aromatic carbocycles. The molecule has 4 nitrogen and oxygen atoms in total. The van der Waals surface area contributed by atoms with Crippen molar-refractivity contribution in [3.05, 3.63) is 63.5 Å². The fourth-order valence-electron chi connectivity index (χ4n) is 4.35. The highest BCUT2D eigenvalue weighted by Gasteiger charge is 2.27. The maximum absolute atomic E-state index is 13.1. The van der Waals surface area contributed by atoms with Gasteiger partial charge in [0.05, 0.1) is 29.1 Å². The number of likely N-dealkylation sites (tertiary alicyclic amines) is 1. The number of phenols is 1. The molecule has 0 aliphatic carbocycles. The molecule has 5 heteroatoms. The van der Waals surface area contributed by atoms with Crippen LogP contribution in [0, 0.1) is 0 Å². The van der Waals surface area contributed by atoms with E-state index in [0.29, 0.717) is 34.1 Å². The highest BCUT2D eigenvalue weighted by molar-refractivity contribution is 6.30. The van der Waals surface area contributed by atoms with Crippen molar-refractivity contribution in [2.75, 3.05) is 6.54 Å². The molecule has 1 fully saturated rings. The summed E-state index contributed by atoms with van der Waals surface area (Å²) in [5.74, 6) is 0.197. The molecule has 1 aliphatic heterocycles. The Morgan fingerprint density at radius 3 is 2.71 bits per heavy atom. The fourth-order valence-corrected chi connectivity index (χ4v) is 4.48. The zero-order valence-corrected chi connectivity index (χ0v) is 16.8. The van der Waals surface area contributed by atoms with Gasteiger partial charge >= 0.3 is 0 Å². The Morgan fingerprint density at radius 2 is 1.96 bits per heavy atom. The zero-order valence-electron chi connectivity index (χ0n) is 16.0. The standard InChI is InChI=1S/C23H24ClNO3/c1-2-17-5-3-4-12-25(17)13-19-21(26)11-10-18-22(27)20(14-28-23(18)19)15-6-8-16(24)9-7-15/h6-11,14,17,26H,2-5,12-13H2,1H3/p+1/t17-/m1/s1. The van der Waals surface area contributed by atoms with Gasteiger partial charge in [-0.15, -0.1) is 0 Å². The van der Waals surface area contributed by atoms with Gasteiger partial charge in [0.25, 0.3) is 0 Å². The number of rotatable bonds is 4. The van der Waals surface area contributed by atoms with Crippen LogP contribution in [0.2, 0.25) is 5.02 Å². The molecule has 2 N–H and O–H groups in total. The molecule has 3 aromatic rings. The van der Waals surface area contributed by atoms with Gasteiger partial charge in [-0.25, -0.2) is 0 Å². The van der Waals surface area contributed by atoms with E-state index in [0.717, 1.165) is 24.1 Å². The van der Waals surface area contributed by atoms with Crippen LogP contribution in [0.1, 0.15) is 38.2 Å². The molecule has 4 rings (SSSR count). The molecule has 0 amide bonds. The van der Waals surface area contributed by atoms with Crippen LogP contribution in [0.3, 0.4) is 0 Å². The first kappa shape index (κ1) is 19.0. The summed E-state index contributed by atoms with van der Waals surface area (Å²) in [6, 6.07) is 11.0. The van der Waals surface area contributed by atoms with Crippen molar-refractivity contribution in [2.24, 2.45) is 0 Å². The third-order valence-electron chi connectivity index (χ3n) is 5.95. The molecule has 0 bridgehead atoms. The SMILES string of the molecule is CC[C@@H]1CCCC[NH+]1Cc1c(O)ccc2c(=O)c(-c3ccc(Cl)cc3)coc12. The first-order valence-electron chi connectivity index (χ1n) is 9.95. The predicted octanol–water partition coefficient (Wildman–Crippen LogP) is 4.17. The van der Waals surface area contributed by atoms with E-state index >= 15 is 0 Å². The maximum atomic E-state index is 13.1. The predicted molar refractivity (Wildman–Crippen MR) is 112 cm³/mol. The van der Waals surface area contributed by atoms with Gasteiger partial charge in [-0.3, -0.25) is 4.79 Å². The second kappa shape index (κ2) is 7.98. The van der Waals surface area contributed by atoms with Gasteiger partial charge in [0.1, 0.15) is 24.1 Å². The number of aromatic hydroxyl groups is 1. The quantitative estimate of drug-likeness (QED) is 0.693. The van der Waals surface area contributed by atoms with Crippen LogP contribution in [0.4, 0.5) is 0 Å². The third-order valence-corrected chi connectivity index (χ3v) is 6.20. The molecule has 2 atom stereocenters. The molecular formula is C23H25ClNO3+. The lowest BCUT2D eigenvalue weighted by atomic mass is 9.98. The van der Waals surface area contributed by atoms with Gasteiger partial charge in [0, 0.05) is 5.02 Å². The van der Waals surface area contributed by atoms with Gasteiger partial charge in [-0.1, -0.05) is 30.7 Å². The molecule has 1 saturated heterocycles. The lowest BCUT2D eigenvalue weighted by Gasteiger charge is -2.32. The summed E-state index contributed by atoms with van der Waals surface area (Å²) in [5.41, 5.74) is 2.40. The smallest absolute Gasteiger partial charge is 0.200 e. The van der Waals surface area contributed by atoms with Crippen molar-refractivity contribution in [2.45, 2.75) is 45.2 Å². The van der Waals surface area contributed by atoms with Crippen LogP contribution in [-0.2, 0) is 6.54 Å². The van der Waals surface area contributed by atoms with Gasteiger partial charge < -0.3 is 14.4 Å². The molecule has 1 aromatic heterocycles. The number of hydrogen-bond donors (Lipinski definition) is 2. The first-order chi connectivity index (χ1) is 13.6. The summed E-state index contributed by atoms with van der Waals surface area (Å²) >= 11 is 5.96. The monoisotopic (exact) mass is 398 g/mol. The highest BCUT2D eigenvalue weighted by atomic mass is 35.5. The van der Waals surface area contributed by atoms with E-state index in [-0.39, 0.29) is 11.2 Å². The van der Waals surface area contributed by atoms with Gasteiger partial charge in [-0.05, 0) is 55.5 Å². The summed E-state index contributed by atoms with van der Waals surface area (Å²) in [7, 11) is 0. The summed E-state index contributed by atoms with van der Waals surface area (Å²) in [6.45, 7) is 3.98. The topological polar surface area (TPSA) is 54.9 Å². The van der Waals surface area contributed by atoms with E-state index in [2.05, 4.69) is 6.92 Å². The van der Waals surface area contributed by atoms with Crippen LogP contribution in [0.25, 0.3) is 22.1 Å². The molecule has 0 saturated carbocycles. The molecule has 0 radical (unpaired) electrons. The van der Waals surface area contributed by atoms with Crippen LogP contribution in [0.5, 0.6) is 5.75 Å². The average molecular weight is 399 g/mol. The second-order valence-electron chi connectivity index (χ2n) is 7.61. The number of nitrogens with one attached hydrogen (secondary N) is 1. The summed E-state index contributed by atoms with van der Waals surface area (Å²) in [5, 5.41) is 11.6. The van der Waals surface area contributed by atoms with Crippen LogP contribution in [0.15, 0.2) is 51.9 Å². The minimum absolute atomic E-state index is 0.0921. The van der Waals surface area contributed by atoms with Crippen molar-refractivity contribution in [3.63, 3.8) is 0 Å². The molecule has 146 valence electrons. The van der Waals surface area contributed by atoms with E-state index in [1.807, 2.05) is 12.1 Å². The fraction of sp³-hybridized carbons (Fsp3) is 0.348. The average Bonchev–Trinajstić information content (AvgIpc) is 2.71. The molecular weight excluding hydrogens is 374 g/mol. The number of fused-ring (bicyclic) bond motifs is 1. The van der Waals surface area contributed by atoms with Crippen LogP contribution in [-0.4, -0.2) is 17.7 Å². The number of phenolic OH excluding ortho intramolecular Hbond substituents is 1. The van der Waals surface area contributed by atoms with Crippen molar-refractivity contribution >= 4 is 22.6 Å². The Labute approximate surface area is 169 Å². The number of benzene rings is 2. The zero-order chi connectivity index (χ0) is 19.7. The lowest BCUT2D eigenvalue weighted by Crippen LogP contribution is -3.15. The van der Waals surface area contributed by atoms with E-state index in [1.54, 1.807) is 24.3 Å². The van der Waals surface area contributed by atoms with Crippen molar-refractivity contribution in [1.29, 1.82) is 0 Å². The Morgan fingerprint density at radius 1 is 1.18 bits per heavy atom. The number of quaternary nitrogens is 1. The number of piperidine rings is 1. The van der Waals surface area contributed by atoms with Gasteiger partial charge in [-0.2, -0.15) is 0 Å². The minimum atomic E-state index is -0.0921. The summed E-state index contributed by atoms with van der Waals surface area (Å²) < 4.78 is 5.92. The summed E-state index contributed by atoms with van der Waals surface area (Å²) in [4.78, 5) is 14.6. The van der Waals surface area contributed by atoms with Crippen molar-refractivity contribution < 1.29 is 14.4 Å². The molecule has 1 aliphatic rings. The van der Waals surface area contributed by atoms with Crippen LogP contribution < -0.4 is 10.3 Å². The van der Waals surface area contributed by atoms with Gasteiger partial charge in [0.2, 0.25) is 5.43 Å². The number of hydrogen-bond acceptors (Lipinski definition) is 3. The van der Waals surface area contributed by atoms with Crippen molar-refractivity contribution in [1.82, 2.24) is 0 Å². The highest BCUT2D eigenvalue weighted by Crippen LogP contribution is 2.28. The lowest BCUT2D eigenvalue weighted by molar-refractivity contribution is -0.944. The first-order valence-corrected chi connectivity index (χ1v) is 10.3. The normalized spacial score (nSPS) is 19.8. The van der Waals surface area contributed by atoms with E-state index in [9.17, 15) is 9.90 Å². The Balaban J connectivity index is 1.78. The van der Waals surface area contributed by atoms with Gasteiger partial charge in [0.15, 0.2) is 0 Å². The molecule has 28 heavy (non-hydrogen) atoms. The van der Waals surface area contributed by atoms with Crippen molar-refractivity contribution in [3.8, 4) is 16.9 Å².